The third-order valence-electron chi connectivity index (χ3n) is 2.04. The maximum atomic E-state index is 10.5. The van der Waals surface area contributed by atoms with E-state index in [1.165, 1.54) is 0 Å². The van der Waals surface area contributed by atoms with Crippen LogP contribution < -0.4 is 24.0 Å². The number of hydrogen-bond acceptors (Lipinski definition) is 4. The maximum absolute atomic E-state index is 10.5. The molecular weight excluding hydrogens is 165 g/mol. The van der Waals surface area contributed by atoms with Gasteiger partial charge in [0, 0.05) is 13.0 Å². The van der Waals surface area contributed by atoms with Gasteiger partial charge in [-0.3, -0.25) is 0 Å². The molecule has 64 valence electrons. The van der Waals surface area contributed by atoms with E-state index in [4.69, 9.17) is 0 Å². The molecule has 0 amide bonds. The Kier molecular flexibility index (Phi) is 3.12. The Balaban J connectivity index is 0.000000845. The number of hydrogen-bond donors (Lipinski definition) is 0. The topological polar surface area (TPSA) is 70.8 Å². The molecule has 0 fully saturated rings. The summed E-state index contributed by atoms with van der Waals surface area (Å²) in [6, 6.07) is 0. The van der Waals surface area contributed by atoms with Crippen molar-refractivity contribution in [2.45, 2.75) is 25.8 Å². The minimum atomic E-state index is -1.24. The zero-order valence-corrected chi connectivity index (χ0v) is 7.49. The summed E-state index contributed by atoms with van der Waals surface area (Å²) in [7, 11) is 0. The number of rotatable bonds is 1. The standard InChI is InChI=1S/C7H9N3O2.Li/c11-7(12)6-9-8-5-3-1-2-4-10(5)6;/h1-4H2,(H,11,12);/q;+1/p-1. The van der Waals surface area contributed by atoms with Gasteiger partial charge < -0.3 is 14.5 Å². The summed E-state index contributed by atoms with van der Waals surface area (Å²) in [6.07, 6.45) is 2.87. The molecule has 0 aliphatic carbocycles. The minimum absolute atomic E-state index is 0. The first-order valence-corrected chi connectivity index (χ1v) is 3.92. The van der Waals surface area contributed by atoms with E-state index in [1.807, 2.05) is 0 Å². The molecule has 0 unspecified atom stereocenters. The van der Waals surface area contributed by atoms with Gasteiger partial charge >= 0.3 is 18.9 Å². The van der Waals surface area contributed by atoms with Crippen LogP contribution in [-0.4, -0.2) is 20.7 Å². The fraction of sp³-hybridized carbons (Fsp3) is 0.571. The van der Waals surface area contributed by atoms with Gasteiger partial charge in [0.15, 0.2) is 5.82 Å². The predicted molar refractivity (Wildman–Crippen MR) is 37.3 cm³/mol. The van der Waals surface area contributed by atoms with Crippen LogP contribution in [0, 0.1) is 0 Å². The molecule has 0 atom stereocenters. The predicted octanol–water partition coefficient (Wildman–Crippen LogP) is -4.02. The van der Waals surface area contributed by atoms with Gasteiger partial charge in [-0.25, -0.2) is 0 Å². The van der Waals surface area contributed by atoms with Gasteiger partial charge in [0.2, 0.25) is 0 Å². The molecule has 1 aliphatic heterocycles. The molecule has 1 aromatic rings. The monoisotopic (exact) mass is 173 g/mol. The van der Waals surface area contributed by atoms with Crippen molar-refractivity contribution in [1.29, 1.82) is 0 Å². The Bertz CT molecular complexity index is 324. The summed E-state index contributed by atoms with van der Waals surface area (Å²) < 4.78 is 1.62. The van der Waals surface area contributed by atoms with Crippen LogP contribution in [0.4, 0.5) is 0 Å². The van der Waals surface area contributed by atoms with E-state index >= 15 is 0 Å². The third-order valence-corrected chi connectivity index (χ3v) is 2.04. The molecule has 5 nitrogen and oxygen atoms in total. The Hall–Kier alpha value is -0.793. The molecule has 1 aromatic heterocycles. The van der Waals surface area contributed by atoms with Crippen molar-refractivity contribution < 1.29 is 28.8 Å². The number of fused-ring (bicyclic) bond motifs is 1. The zero-order chi connectivity index (χ0) is 8.55. The number of nitrogens with zero attached hydrogens (tertiary/aromatic N) is 3. The smallest absolute Gasteiger partial charge is 0.541 e. The Morgan fingerprint density at radius 2 is 2.15 bits per heavy atom. The van der Waals surface area contributed by atoms with Gasteiger partial charge in [0.05, 0.1) is 0 Å². The van der Waals surface area contributed by atoms with E-state index in [1.54, 1.807) is 4.57 Å². The van der Waals surface area contributed by atoms with Crippen molar-refractivity contribution in [3.05, 3.63) is 11.6 Å². The second-order valence-corrected chi connectivity index (χ2v) is 2.84. The molecule has 2 heterocycles. The fourth-order valence-electron chi connectivity index (χ4n) is 1.46. The number of carbonyl (C=O) groups excluding carboxylic acids is 1. The first kappa shape index (κ1) is 10.3. The van der Waals surface area contributed by atoms with Crippen LogP contribution in [0.5, 0.6) is 0 Å². The molecule has 13 heavy (non-hydrogen) atoms. The van der Waals surface area contributed by atoms with Crippen molar-refractivity contribution in [3.63, 3.8) is 0 Å². The fourth-order valence-corrected chi connectivity index (χ4v) is 1.46. The summed E-state index contributed by atoms with van der Waals surface area (Å²) in [6.45, 7) is 0.700. The van der Waals surface area contributed by atoms with E-state index < -0.39 is 5.97 Å². The molecule has 0 saturated heterocycles. The number of carboxylic acids is 1. The third kappa shape index (κ3) is 1.76. The molecule has 6 heteroatoms. The average Bonchev–Trinajstić information content (AvgIpc) is 2.47. The molecule has 2 rings (SSSR count). The van der Waals surface area contributed by atoms with Gasteiger partial charge in [0.25, 0.3) is 0 Å². The number of aromatic nitrogens is 3. The van der Waals surface area contributed by atoms with Crippen molar-refractivity contribution in [3.8, 4) is 0 Å². The normalized spacial score (nSPS) is 14.5. The van der Waals surface area contributed by atoms with Crippen LogP contribution in [0.2, 0.25) is 0 Å². The average molecular weight is 173 g/mol. The molecule has 1 aliphatic rings. The van der Waals surface area contributed by atoms with Gasteiger partial charge in [0.1, 0.15) is 11.8 Å². The Labute approximate surface area is 87.3 Å². The molecule has 0 bridgehead atoms. The van der Waals surface area contributed by atoms with Crippen LogP contribution >= 0.6 is 0 Å². The summed E-state index contributed by atoms with van der Waals surface area (Å²) in [5.41, 5.74) is 0. The Morgan fingerprint density at radius 3 is 2.85 bits per heavy atom. The number of carboxylic acid groups (broad SMARTS) is 1. The van der Waals surface area contributed by atoms with Gasteiger partial charge in [-0.1, -0.05) is 0 Å². The van der Waals surface area contributed by atoms with E-state index in [9.17, 15) is 9.90 Å². The van der Waals surface area contributed by atoms with Crippen LogP contribution in [0.1, 0.15) is 29.3 Å². The van der Waals surface area contributed by atoms with Crippen molar-refractivity contribution in [2.24, 2.45) is 0 Å². The second kappa shape index (κ2) is 3.94. The van der Waals surface area contributed by atoms with Crippen molar-refractivity contribution in [2.75, 3.05) is 0 Å². The van der Waals surface area contributed by atoms with Gasteiger partial charge in [-0.15, -0.1) is 10.2 Å². The maximum Gasteiger partial charge on any atom is 1.00 e. The molecular formula is C7H8LiN3O2. The summed E-state index contributed by atoms with van der Waals surface area (Å²) in [5, 5.41) is 17.8. The van der Waals surface area contributed by atoms with Gasteiger partial charge in [-0.2, -0.15) is 0 Å². The van der Waals surface area contributed by atoms with E-state index in [0.717, 1.165) is 25.1 Å². The second-order valence-electron chi connectivity index (χ2n) is 2.84. The molecule has 0 saturated carbocycles. The van der Waals surface area contributed by atoms with Crippen molar-refractivity contribution >= 4 is 5.97 Å². The van der Waals surface area contributed by atoms with Crippen LogP contribution in [-0.2, 0) is 13.0 Å². The minimum Gasteiger partial charge on any atom is -0.541 e. The number of carbonyl (C=O) groups is 1. The van der Waals surface area contributed by atoms with E-state index in [-0.39, 0.29) is 24.7 Å². The first-order chi connectivity index (χ1) is 5.79. The van der Waals surface area contributed by atoms with Crippen LogP contribution in [0.3, 0.4) is 0 Å². The van der Waals surface area contributed by atoms with Crippen LogP contribution in [0.15, 0.2) is 0 Å². The summed E-state index contributed by atoms with van der Waals surface area (Å²) in [4.78, 5) is 10.5. The van der Waals surface area contributed by atoms with Crippen molar-refractivity contribution in [1.82, 2.24) is 14.8 Å². The summed E-state index contributed by atoms with van der Waals surface area (Å²) >= 11 is 0. The summed E-state index contributed by atoms with van der Waals surface area (Å²) in [5.74, 6) is -0.513. The Morgan fingerprint density at radius 1 is 1.38 bits per heavy atom. The molecule has 0 spiro atoms. The van der Waals surface area contributed by atoms with E-state index in [0.29, 0.717) is 6.54 Å². The quantitative estimate of drug-likeness (QED) is 0.405. The van der Waals surface area contributed by atoms with E-state index in [2.05, 4.69) is 10.2 Å². The van der Waals surface area contributed by atoms with Crippen LogP contribution in [0.25, 0.3) is 0 Å². The molecule has 0 N–H and O–H groups in total. The SMILES string of the molecule is O=C([O-])c1nnc2n1CCCC2.[Li+]. The first-order valence-electron chi connectivity index (χ1n) is 3.92. The number of aromatic carboxylic acids is 1. The van der Waals surface area contributed by atoms with Gasteiger partial charge in [-0.05, 0) is 12.8 Å². The number of aryl methyl sites for hydroxylation is 1. The molecule has 0 aromatic carbocycles. The molecule has 0 radical (unpaired) electrons. The zero-order valence-electron chi connectivity index (χ0n) is 7.49. The largest absolute Gasteiger partial charge is 1.00 e.